The summed E-state index contributed by atoms with van der Waals surface area (Å²) in [6.07, 6.45) is 2.23. The lowest BCUT2D eigenvalue weighted by Crippen LogP contribution is -2.47. The Labute approximate surface area is 133 Å². The van der Waals surface area contributed by atoms with Crippen molar-refractivity contribution in [3.8, 4) is 0 Å². The predicted octanol–water partition coefficient (Wildman–Crippen LogP) is 0.441. The van der Waals surface area contributed by atoms with Gasteiger partial charge in [-0.05, 0) is 18.3 Å². The number of carbonyl (C=O) groups is 2. The van der Waals surface area contributed by atoms with Crippen molar-refractivity contribution in [3.63, 3.8) is 0 Å². The molecule has 1 aliphatic rings. The van der Waals surface area contributed by atoms with Crippen LogP contribution in [0.3, 0.4) is 0 Å². The molecular weight excluding hydrogens is 294 g/mol. The summed E-state index contributed by atoms with van der Waals surface area (Å²) >= 11 is 0. The van der Waals surface area contributed by atoms with E-state index in [0.29, 0.717) is 12.5 Å². The summed E-state index contributed by atoms with van der Waals surface area (Å²) in [7, 11) is 0. The molecule has 1 saturated heterocycles. The normalized spacial score (nSPS) is 22.1. The minimum absolute atomic E-state index is 0. The highest BCUT2D eigenvalue weighted by Crippen LogP contribution is 2.33. The summed E-state index contributed by atoms with van der Waals surface area (Å²) in [5.41, 5.74) is 5.21. The molecule has 0 bridgehead atoms. The molecule has 124 valence electrons. The molecule has 1 fully saturated rings. The first kappa shape index (κ1) is 20.1. The maximum atomic E-state index is 11.7. The third-order valence-corrected chi connectivity index (χ3v) is 3.49. The molecule has 0 spiro atoms. The quantitative estimate of drug-likeness (QED) is 0.685. The SMILES string of the molecule is CC(C)(C)C1OCCCC1CNC(=O)CNC(=O)CN.Cl. The molecule has 1 heterocycles. The number of amides is 2. The molecule has 0 radical (unpaired) electrons. The van der Waals surface area contributed by atoms with Crippen LogP contribution in [0.25, 0.3) is 0 Å². The van der Waals surface area contributed by atoms with Gasteiger partial charge < -0.3 is 21.1 Å². The minimum Gasteiger partial charge on any atom is -0.377 e. The Morgan fingerprint density at radius 1 is 1.24 bits per heavy atom. The third-order valence-electron chi connectivity index (χ3n) is 3.49. The summed E-state index contributed by atoms with van der Waals surface area (Å²) in [5, 5.41) is 5.31. The summed E-state index contributed by atoms with van der Waals surface area (Å²) in [6, 6.07) is 0. The first-order valence-electron chi connectivity index (χ1n) is 7.19. The molecule has 0 aromatic heterocycles. The summed E-state index contributed by atoms with van der Waals surface area (Å²) in [6.45, 7) is 7.70. The molecule has 21 heavy (non-hydrogen) atoms. The fraction of sp³-hybridized carbons (Fsp3) is 0.857. The Balaban J connectivity index is 0.00000400. The third kappa shape index (κ3) is 7.11. The maximum Gasteiger partial charge on any atom is 0.239 e. The number of hydrogen-bond acceptors (Lipinski definition) is 4. The van der Waals surface area contributed by atoms with E-state index >= 15 is 0 Å². The Morgan fingerprint density at radius 3 is 2.48 bits per heavy atom. The zero-order chi connectivity index (χ0) is 15.2. The van der Waals surface area contributed by atoms with Crippen molar-refractivity contribution in [1.29, 1.82) is 0 Å². The van der Waals surface area contributed by atoms with Gasteiger partial charge in [-0.2, -0.15) is 0 Å². The van der Waals surface area contributed by atoms with E-state index in [2.05, 4.69) is 31.4 Å². The van der Waals surface area contributed by atoms with E-state index in [1.54, 1.807) is 0 Å². The molecular formula is C14H28ClN3O3. The van der Waals surface area contributed by atoms with Crippen molar-refractivity contribution in [1.82, 2.24) is 10.6 Å². The second-order valence-electron chi connectivity index (χ2n) is 6.34. The van der Waals surface area contributed by atoms with E-state index in [0.717, 1.165) is 19.4 Å². The van der Waals surface area contributed by atoms with E-state index in [4.69, 9.17) is 10.5 Å². The van der Waals surface area contributed by atoms with E-state index in [-0.39, 0.29) is 48.8 Å². The molecule has 0 aliphatic carbocycles. The van der Waals surface area contributed by atoms with Crippen molar-refractivity contribution >= 4 is 24.2 Å². The van der Waals surface area contributed by atoms with Crippen LogP contribution in [0.2, 0.25) is 0 Å². The number of ether oxygens (including phenoxy) is 1. The molecule has 2 amide bonds. The number of hydrogen-bond donors (Lipinski definition) is 3. The average molecular weight is 322 g/mol. The predicted molar refractivity (Wildman–Crippen MR) is 84.2 cm³/mol. The van der Waals surface area contributed by atoms with Gasteiger partial charge in [-0.3, -0.25) is 9.59 Å². The second-order valence-corrected chi connectivity index (χ2v) is 6.34. The number of rotatable bonds is 5. The number of carbonyl (C=O) groups excluding carboxylic acids is 2. The van der Waals surface area contributed by atoms with Crippen LogP contribution >= 0.6 is 12.4 Å². The van der Waals surface area contributed by atoms with Gasteiger partial charge in [-0.25, -0.2) is 0 Å². The van der Waals surface area contributed by atoms with Gasteiger partial charge in [0.2, 0.25) is 11.8 Å². The van der Waals surface area contributed by atoms with Gasteiger partial charge in [0, 0.05) is 19.1 Å². The van der Waals surface area contributed by atoms with Gasteiger partial charge in [0.05, 0.1) is 19.2 Å². The van der Waals surface area contributed by atoms with Gasteiger partial charge in [0.15, 0.2) is 0 Å². The zero-order valence-electron chi connectivity index (χ0n) is 13.1. The highest BCUT2D eigenvalue weighted by Gasteiger charge is 2.35. The topological polar surface area (TPSA) is 93.5 Å². The van der Waals surface area contributed by atoms with E-state index in [1.165, 1.54) is 0 Å². The summed E-state index contributed by atoms with van der Waals surface area (Å²) < 4.78 is 5.87. The zero-order valence-corrected chi connectivity index (χ0v) is 13.9. The molecule has 1 aliphatic heterocycles. The summed E-state index contributed by atoms with van der Waals surface area (Å²) in [4.78, 5) is 22.6. The second kappa shape index (κ2) is 9.23. The molecule has 6 nitrogen and oxygen atoms in total. The Kier molecular flexibility index (Phi) is 8.85. The Hall–Kier alpha value is -0.850. The summed E-state index contributed by atoms with van der Waals surface area (Å²) in [5.74, 6) is -0.198. The minimum atomic E-state index is -0.325. The average Bonchev–Trinajstić information content (AvgIpc) is 2.41. The van der Waals surface area contributed by atoms with Gasteiger partial charge in [-0.15, -0.1) is 12.4 Å². The molecule has 0 aromatic rings. The standard InChI is InChI=1S/C14H27N3O3.ClH/c1-14(2,3)13-10(5-4-6-20-13)8-16-12(19)9-17-11(18)7-15;/h10,13H,4-9,15H2,1-3H3,(H,16,19)(H,17,18);1H. The molecule has 2 atom stereocenters. The van der Waals surface area contributed by atoms with Crippen LogP contribution in [0.5, 0.6) is 0 Å². The number of nitrogens with one attached hydrogen (secondary N) is 2. The van der Waals surface area contributed by atoms with Crippen LogP contribution in [0.1, 0.15) is 33.6 Å². The van der Waals surface area contributed by atoms with Crippen molar-refractivity contribution < 1.29 is 14.3 Å². The Morgan fingerprint density at radius 2 is 1.90 bits per heavy atom. The van der Waals surface area contributed by atoms with Crippen molar-refractivity contribution in [3.05, 3.63) is 0 Å². The largest absolute Gasteiger partial charge is 0.377 e. The van der Waals surface area contributed by atoms with Crippen LogP contribution in [-0.2, 0) is 14.3 Å². The lowest BCUT2D eigenvalue weighted by Gasteiger charge is -2.40. The van der Waals surface area contributed by atoms with Crippen molar-refractivity contribution in [2.24, 2.45) is 17.1 Å². The van der Waals surface area contributed by atoms with E-state index in [9.17, 15) is 9.59 Å². The van der Waals surface area contributed by atoms with Crippen LogP contribution in [-0.4, -0.2) is 44.2 Å². The smallest absolute Gasteiger partial charge is 0.239 e. The molecule has 4 N–H and O–H groups in total. The lowest BCUT2D eigenvalue weighted by atomic mass is 9.78. The molecule has 0 aromatic carbocycles. The van der Waals surface area contributed by atoms with Gasteiger partial charge in [0.1, 0.15) is 0 Å². The Bertz CT molecular complexity index is 345. The molecule has 1 rings (SSSR count). The van der Waals surface area contributed by atoms with Crippen molar-refractivity contribution in [2.45, 2.75) is 39.7 Å². The first-order valence-corrected chi connectivity index (χ1v) is 7.19. The fourth-order valence-corrected chi connectivity index (χ4v) is 2.57. The highest BCUT2D eigenvalue weighted by molar-refractivity contribution is 5.85. The molecule has 0 saturated carbocycles. The monoisotopic (exact) mass is 321 g/mol. The van der Waals surface area contributed by atoms with Gasteiger partial charge in [0.25, 0.3) is 0 Å². The number of halogens is 1. The van der Waals surface area contributed by atoms with Crippen molar-refractivity contribution in [2.75, 3.05) is 26.2 Å². The van der Waals surface area contributed by atoms with Crippen LogP contribution < -0.4 is 16.4 Å². The van der Waals surface area contributed by atoms with Gasteiger partial charge >= 0.3 is 0 Å². The van der Waals surface area contributed by atoms with Gasteiger partial charge in [-0.1, -0.05) is 20.8 Å². The number of nitrogens with two attached hydrogens (primary N) is 1. The lowest BCUT2D eigenvalue weighted by molar-refractivity contribution is -0.126. The van der Waals surface area contributed by atoms with E-state index in [1.807, 2.05) is 0 Å². The van der Waals surface area contributed by atoms with Crippen LogP contribution in [0.15, 0.2) is 0 Å². The van der Waals surface area contributed by atoms with E-state index < -0.39 is 0 Å². The highest BCUT2D eigenvalue weighted by atomic mass is 35.5. The van der Waals surface area contributed by atoms with Crippen LogP contribution in [0, 0.1) is 11.3 Å². The maximum absolute atomic E-state index is 11.7. The van der Waals surface area contributed by atoms with Crippen LogP contribution in [0.4, 0.5) is 0 Å². The first-order chi connectivity index (χ1) is 9.34. The fourth-order valence-electron chi connectivity index (χ4n) is 2.57. The molecule has 7 heteroatoms. The molecule has 2 unspecified atom stereocenters.